The van der Waals surface area contributed by atoms with Crippen LogP contribution in [0.1, 0.15) is 23.6 Å². The van der Waals surface area contributed by atoms with E-state index in [2.05, 4.69) is 5.32 Å². The summed E-state index contributed by atoms with van der Waals surface area (Å²) in [6, 6.07) is 14.5. The topological polar surface area (TPSA) is 80.1 Å². The second-order valence-corrected chi connectivity index (χ2v) is 6.45. The van der Waals surface area contributed by atoms with Gasteiger partial charge in [0.2, 0.25) is 5.91 Å². The van der Waals surface area contributed by atoms with Crippen LogP contribution in [0, 0.1) is 10.1 Å². The number of amides is 1. The van der Waals surface area contributed by atoms with Crippen LogP contribution in [0.25, 0.3) is 0 Å². The minimum atomic E-state index is -0.582. The predicted molar refractivity (Wildman–Crippen MR) is 88.8 cm³/mol. The molecular formula is C18H18N3O3+. The lowest BCUT2D eigenvalue weighted by Crippen LogP contribution is -2.83. The Bertz CT molecular complexity index is 834. The minimum absolute atomic E-state index is 0.0584. The van der Waals surface area contributed by atoms with E-state index in [0.717, 1.165) is 29.8 Å². The predicted octanol–water partition coefficient (Wildman–Crippen LogP) is 1.52. The highest BCUT2D eigenvalue weighted by molar-refractivity contribution is 6.08. The molecule has 2 heterocycles. The van der Waals surface area contributed by atoms with E-state index in [1.807, 2.05) is 31.3 Å². The van der Waals surface area contributed by atoms with Crippen molar-refractivity contribution in [3.63, 3.8) is 0 Å². The molecule has 0 bridgehead atoms. The van der Waals surface area contributed by atoms with Crippen molar-refractivity contribution >= 4 is 17.3 Å². The molecule has 2 aromatic carbocycles. The van der Waals surface area contributed by atoms with Crippen LogP contribution < -0.4 is 10.2 Å². The Morgan fingerprint density at radius 1 is 1.21 bits per heavy atom. The van der Waals surface area contributed by atoms with Crippen LogP contribution in [0.4, 0.5) is 11.4 Å². The number of non-ortho nitro benzene ring substituents is 1. The number of hydrogen-bond donors (Lipinski definition) is 1. The van der Waals surface area contributed by atoms with Gasteiger partial charge in [-0.1, -0.05) is 18.2 Å². The van der Waals surface area contributed by atoms with E-state index in [9.17, 15) is 14.9 Å². The fraction of sp³-hybridized carbons (Fsp3) is 0.278. The molecule has 6 nitrogen and oxygen atoms in total. The summed E-state index contributed by atoms with van der Waals surface area (Å²) in [5.74, 6) is 0.112. The van der Waals surface area contributed by atoms with Crippen molar-refractivity contribution in [2.24, 2.45) is 0 Å². The number of carbonyl (C=O) groups excluding carboxylic acids is 1. The monoisotopic (exact) mass is 324 g/mol. The van der Waals surface area contributed by atoms with Gasteiger partial charge in [0.15, 0.2) is 0 Å². The van der Waals surface area contributed by atoms with E-state index in [-0.39, 0.29) is 17.6 Å². The third-order valence-corrected chi connectivity index (χ3v) is 5.37. The van der Waals surface area contributed by atoms with Gasteiger partial charge in [-0.2, -0.15) is 0 Å². The smallest absolute Gasteiger partial charge is 0.269 e. The molecule has 2 atom stereocenters. The van der Waals surface area contributed by atoms with E-state index in [1.165, 1.54) is 12.1 Å². The fourth-order valence-corrected chi connectivity index (χ4v) is 4.27. The number of anilines is 1. The molecule has 2 aliphatic heterocycles. The quantitative estimate of drug-likeness (QED) is 0.672. The average molecular weight is 324 g/mol. The number of hydrogen-bond acceptors (Lipinski definition) is 3. The summed E-state index contributed by atoms with van der Waals surface area (Å²) >= 11 is 0. The number of para-hydroxylation sites is 1. The molecule has 2 N–H and O–H groups in total. The number of nitro groups is 1. The highest BCUT2D eigenvalue weighted by Gasteiger charge is 2.60. The number of nitro benzene ring substituents is 1. The van der Waals surface area contributed by atoms with Gasteiger partial charge in [-0.25, -0.2) is 0 Å². The molecule has 0 aliphatic carbocycles. The van der Waals surface area contributed by atoms with E-state index < -0.39 is 10.3 Å². The molecule has 0 unspecified atom stereocenters. The molecule has 24 heavy (non-hydrogen) atoms. The Hall–Kier alpha value is -2.73. The molecule has 1 spiro atoms. The normalized spacial score (nSPS) is 25.3. The number of carbonyl (C=O) groups is 1. The molecule has 0 radical (unpaired) electrons. The zero-order chi connectivity index (χ0) is 16.9. The summed E-state index contributed by atoms with van der Waals surface area (Å²) in [5, 5.41) is 13.1. The van der Waals surface area contributed by atoms with Crippen LogP contribution >= 0.6 is 0 Å². The second kappa shape index (κ2) is 5.14. The largest absolute Gasteiger partial charge is 0.339 e. The molecule has 2 aromatic rings. The molecular weight excluding hydrogens is 306 g/mol. The number of rotatable bonds is 2. The molecule has 4 rings (SSSR count). The molecule has 122 valence electrons. The first-order valence-corrected chi connectivity index (χ1v) is 8.01. The lowest BCUT2D eigenvalue weighted by atomic mass is 9.73. The summed E-state index contributed by atoms with van der Waals surface area (Å²) in [7, 11) is 1.82. The lowest BCUT2D eigenvalue weighted by molar-refractivity contribution is -0.679. The van der Waals surface area contributed by atoms with Gasteiger partial charge in [0.05, 0.1) is 11.5 Å². The third kappa shape index (κ3) is 1.83. The zero-order valence-corrected chi connectivity index (χ0v) is 13.3. The maximum absolute atomic E-state index is 13.1. The Labute approximate surface area is 139 Å². The van der Waals surface area contributed by atoms with Crippen molar-refractivity contribution in [1.82, 2.24) is 0 Å². The maximum Gasteiger partial charge on any atom is 0.269 e. The SMILES string of the molecule is CN1C(=O)[C@@]2(CC[NH2+][C@H]2c2ccc([N+](=O)[O-])cc2)c2ccccc21. The highest BCUT2D eigenvalue weighted by Crippen LogP contribution is 2.50. The second-order valence-electron chi connectivity index (χ2n) is 6.45. The van der Waals surface area contributed by atoms with Crippen molar-refractivity contribution in [3.05, 3.63) is 69.8 Å². The molecule has 1 saturated heterocycles. The van der Waals surface area contributed by atoms with Gasteiger partial charge in [-0.15, -0.1) is 0 Å². The maximum atomic E-state index is 13.1. The number of nitrogens with zero attached hydrogens (tertiary/aromatic N) is 2. The molecule has 1 fully saturated rings. The highest BCUT2D eigenvalue weighted by atomic mass is 16.6. The number of likely N-dealkylation sites (N-methyl/N-ethyl adjacent to an activating group) is 1. The van der Waals surface area contributed by atoms with Crippen molar-refractivity contribution in [2.45, 2.75) is 17.9 Å². The number of quaternary nitrogens is 1. The van der Waals surface area contributed by atoms with Gasteiger partial charge in [0, 0.05) is 36.9 Å². The minimum Gasteiger partial charge on any atom is -0.339 e. The van der Waals surface area contributed by atoms with Crippen LogP contribution in [0.3, 0.4) is 0 Å². The first kappa shape index (κ1) is 14.8. The zero-order valence-electron chi connectivity index (χ0n) is 13.3. The van der Waals surface area contributed by atoms with Crippen molar-refractivity contribution in [3.8, 4) is 0 Å². The van der Waals surface area contributed by atoms with Gasteiger partial charge in [0.25, 0.3) is 5.69 Å². The van der Waals surface area contributed by atoms with Crippen molar-refractivity contribution in [2.75, 3.05) is 18.5 Å². The number of nitrogens with two attached hydrogens (primary N) is 1. The average Bonchev–Trinajstić information content (AvgIpc) is 3.13. The molecule has 1 amide bonds. The Kier molecular flexibility index (Phi) is 3.18. The first-order valence-electron chi connectivity index (χ1n) is 8.01. The number of benzene rings is 2. The van der Waals surface area contributed by atoms with Gasteiger partial charge < -0.3 is 10.2 Å². The molecule has 0 saturated carbocycles. The van der Waals surface area contributed by atoms with E-state index in [0.29, 0.717) is 0 Å². The van der Waals surface area contributed by atoms with Gasteiger partial charge in [-0.3, -0.25) is 14.9 Å². The van der Waals surface area contributed by atoms with Crippen LogP contribution in [-0.2, 0) is 10.2 Å². The first-order chi connectivity index (χ1) is 11.6. The van der Waals surface area contributed by atoms with Gasteiger partial charge in [0.1, 0.15) is 11.5 Å². The summed E-state index contributed by atoms with van der Waals surface area (Å²) in [4.78, 5) is 25.4. The third-order valence-electron chi connectivity index (χ3n) is 5.37. The standard InChI is InChI=1S/C18H17N3O3/c1-20-15-5-3-2-4-14(15)18(17(20)22)10-11-19-16(18)12-6-8-13(9-7-12)21(23)24/h2-9,16,19H,10-11H2,1H3/p+1/t16-,18-/m0/s1. The molecule has 0 aromatic heterocycles. The Morgan fingerprint density at radius 2 is 1.92 bits per heavy atom. The van der Waals surface area contributed by atoms with E-state index in [4.69, 9.17) is 0 Å². The van der Waals surface area contributed by atoms with Gasteiger partial charge >= 0.3 is 0 Å². The Balaban J connectivity index is 1.83. The van der Waals surface area contributed by atoms with Crippen LogP contribution in [-0.4, -0.2) is 24.4 Å². The van der Waals surface area contributed by atoms with E-state index in [1.54, 1.807) is 17.0 Å². The summed E-state index contributed by atoms with van der Waals surface area (Å²) < 4.78 is 0. The summed E-state index contributed by atoms with van der Waals surface area (Å²) in [6.07, 6.45) is 0.773. The lowest BCUT2D eigenvalue weighted by Gasteiger charge is -2.26. The van der Waals surface area contributed by atoms with Crippen LogP contribution in [0.5, 0.6) is 0 Å². The number of fused-ring (bicyclic) bond motifs is 2. The van der Waals surface area contributed by atoms with Crippen LogP contribution in [0.15, 0.2) is 48.5 Å². The van der Waals surface area contributed by atoms with Crippen molar-refractivity contribution in [1.29, 1.82) is 0 Å². The summed E-state index contributed by atoms with van der Waals surface area (Å²) in [6.45, 7) is 0.857. The fourth-order valence-electron chi connectivity index (χ4n) is 4.27. The molecule has 6 heteroatoms. The molecule has 2 aliphatic rings. The Morgan fingerprint density at radius 3 is 2.62 bits per heavy atom. The van der Waals surface area contributed by atoms with Crippen LogP contribution in [0.2, 0.25) is 0 Å². The van der Waals surface area contributed by atoms with Gasteiger partial charge in [-0.05, 0) is 23.8 Å². The van der Waals surface area contributed by atoms with Crippen molar-refractivity contribution < 1.29 is 15.0 Å². The summed E-state index contributed by atoms with van der Waals surface area (Å²) in [5.41, 5.74) is 2.47. The van der Waals surface area contributed by atoms with E-state index >= 15 is 0 Å².